The van der Waals surface area contributed by atoms with Crippen molar-refractivity contribution in [2.24, 2.45) is 0 Å². The standard InChI is InChI=1S/C10H12O5S/c1-10(2,9(11)12)15-16(13,14)8-6-4-3-5-7-8/h3-7H,1-2H3,(H,11,12). The zero-order valence-corrected chi connectivity index (χ0v) is 9.69. The smallest absolute Gasteiger partial charge is 0.336 e. The van der Waals surface area contributed by atoms with Crippen LogP contribution in [0.1, 0.15) is 13.8 Å². The number of carbonyl (C=O) groups is 1. The van der Waals surface area contributed by atoms with Crippen LogP contribution in [0, 0.1) is 0 Å². The van der Waals surface area contributed by atoms with E-state index >= 15 is 0 Å². The highest BCUT2D eigenvalue weighted by atomic mass is 32.2. The maximum Gasteiger partial charge on any atom is 0.336 e. The highest BCUT2D eigenvalue weighted by molar-refractivity contribution is 7.86. The SMILES string of the molecule is CC(C)(OS(=O)(=O)c1ccccc1)C(=O)O. The molecule has 0 amide bonds. The van der Waals surface area contributed by atoms with Gasteiger partial charge in [-0.2, -0.15) is 8.42 Å². The molecule has 0 aromatic heterocycles. The third-order valence-electron chi connectivity index (χ3n) is 1.86. The molecular formula is C10H12O5S. The minimum atomic E-state index is -4.04. The second-order valence-electron chi connectivity index (χ2n) is 3.67. The number of hydrogen-bond donors (Lipinski definition) is 1. The van der Waals surface area contributed by atoms with Crippen molar-refractivity contribution in [3.63, 3.8) is 0 Å². The normalized spacial score (nSPS) is 12.4. The third-order valence-corrected chi connectivity index (χ3v) is 3.35. The molecule has 88 valence electrons. The Morgan fingerprint density at radius 1 is 1.25 bits per heavy atom. The van der Waals surface area contributed by atoms with Crippen LogP contribution in [0.4, 0.5) is 0 Å². The van der Waals surface area contributed by atoms with E-state index in [1.54, 1.807) is 6.07 Å². The molecule has 1 aromatic rings. The molecule has 0 fully saturated rings. The van der Waals surface area contributed by atoms with Gasteiger partial charge >= 0.3 is 5.97 Å². The molecule has 1 rings (SSSR count). The van der Waals surface area contributed by atoms with Gasteiger partial charge in [-0.15, -0.1) is 0 Å². The van der Waals surface area contributed by atoms with E-state index in [0.717, 1.165) is 0 Å². The average molecular weight is 244 g/mol. The zero-order chi connectivity index (χ0) is 12.4. The fourth-order valence-electron chi connectivity index (χ4n) is 0.945. The molecule has 1 aromatic carbocycles. The van der Waals surface area contributed by atoms with Gasteiger partial charge in [0.1, 0.15) is 0 Å². The second kappa shape index (κ2) is 4.23. The van der Waals surface area contributed by atoms with Gasteiger partial charge < -0.3 is 5.11 Å². The lowest BCUT2D eigenvalue weighted by molar-refractivity contribution is -0.151. The number of benzene rings is 1. The molecule has 0 heterocycles. The zero-order valence-electron chi connectivity index (χ0n) is 8.88. The fourth-order valence-corrected chi connectivity index (χ4v) is 2.15. The Balaban J connectivity index is 3.03. The van der Waals surface area contributed by atoms with Crippen LogP contribution in [-0.4, -0.2) is 25.1 Å². The van der Waals surface area contributed by atoms with Crippen LogP contribution in [-0.2, 0) is 19.1 Å². The van der Waals surface area contributed by atoms with E-state index in [0.29, 0.717) is 0 Å². The first-order chi connectivity index (χ1) is 7.26. The van der Waals surface area contributed by atoms with Crippen molar-refractivity contribution in [3.8, 4) is 0 Å². The maximum absolute atomic E-state index is 11.7. The van der Waals surface area contributed by atoms with Crippen LogP contribution in [0.15, 0.2) is 35.2 Å². The molecule has 0 aliphatic rings. The quantitative estimate of drug-likeness (QED) is 0.806. The summed E-state index contributed by atoms with van der Waals surface area (Å²) in [5.74, 6) is -1.34. The van der Waals surface area contributed by atoms with Crippen molar-refractivity contribution in [3.05, 3.63) is 30.3 Å². The topological polar surface area (TPSA) is 80.7 Å². The third kappa shape index (κ3) is 2.80. The lowest BCUT2D eigenvalue weighted by atomic mass is 10.1. The van der Waals surface area contributed by atoms with Gasteiger partial charge in [-0.3, -0.25) is 0 Å². The highest BCUT2D eigenvalue weighted by Gasteiger charge is 2.34. The van der Waals surface area contributed by atoms with Crippen molar-refractivity contribution < 1.29 is 22.5 Å². The van der Waals surface area contributed by atoms with Gasteiger partial charge in [-0.05, 0) is 26.0 Å². The summed E-state index contributed by atoms with van der Waals surface area (Å²) < 4.78 is 28.0. The summed E-state index contributed by atoms with van der Waals surface area (Å²) >= 11 is 0. The number of carboxylic acid groups (broad SMARTS) is 1. The molecule has 0 bridgehead atoms. The van der Waals surface area contributed by atoms with Gasteiger partial charge in [0.05, 0.1) is 4.90 Å². The van der Waals surface area contributed by atoms with Gasteiger partial charge in [0.2, 0.25) is 0 Å². The van der Waals surface area contributed by atoms with E-state index in [1.807, 2.05) is 0 Å². The first-order valence-corrected chi connectivity index (χ1v) is 5.90. The minimum Gasteiger partial charge on any atom is -0.479 e. The van der Waals surface area contributed by atoms with Gasteiger partial charge in [0.15, 0.2) is 5.60 Å². The van der Waals surface area contributed by atoms with Crippen LogP contribution in [0.25, 0.3) is 0 Å². The highest BCUT2D eigenvalue weighted by Crippen LogP contribution is 2.19. The van der Waals surface area contributed by atoms with Crippen LogP contribution in [0.2, 0.25) is 0 Å². The Labute approximate surface area is 93.8 Å². The summed E-state index contributed by atoms with van der Waals surface area (Å²) in [6.45, 7) is 2.35. The predicted molar refractivity (Wildman–Crippen MR) is 56.4 cm³/mol. The molecule has 0 unspecified atom stereocenters. The molecule has 0 aliphatic carbocycles. The van der Waals surface area contributed by atoms with Crippen molar-refractivity contribution in [2.45, 2.75) is 24.3 Å². The van der Waals surface area contributed by atoms with Gasteiger partial charge in [-0.1, -0.05) is 18.2 Å². The molecule has 5 nitrogen and oxygen atoms in total. The van der Waals surface area contributed by atoms with Crippen molar-refractivity contribution in [1.29, 1.82) is 0 Å². The molecule has 0 aliphatic heterocycles. The molecule has 0 atom stereocenters. The van der Waals surface area contributed by atoms with E-state index in [2.05, 4.69) is 4.18 Å². The number of rotatable bonds is 4. The van der Waals surface area contributed by atoms with Crippen molar-refractivity contribution >= 4 is 16.1 Å². The molecule has 6 heteroatoms. The lowest BCUT2D eigenvalue weighted by Crippen LogP contribution is -2.36. The molecule has 16 heavy (non-hydrogen) atoms. The summed E-state index contributed by atoms with van der Waals surface area (Å²) in [6, 6.07) is 7.40. The first-order valence-electron chi connectivity index (χ1n) is 4.50. The van der Waals surface area contributed by atoms with Crippen LogP contribution in [0.5, 0.6) is 0 Å². The van der Waals surface area contributed by atoms with Gasteiger partial charge in [-0.25, -0.2) is 8.98 Å². The minimum absolute atomic E-state index is 0.0654. The van der Waals surface area contributed by atoms with Gasteiger partial charge in [0.25, 0.3) is 10.1 Å². The summed E-state index contributed by atoms with van der Waals surface area (Å²) in [5.41, 5.74) is -1.78. The molecule has 0 saturated heterocycles. The number of hydrogen-bond acceptors (Lipinski definition) is 4. The lowest BCUT2D eigenvalue weighted by Gasteiger charge is -2.19. The van der Waals surface area contributed by atoms with E-state index < -0.39 is 21.7 Å². The van der Waals surface area contributed by atoms with E-state index in [9.17, 15) is 13.2 Å². The summed E-state index contributed by atoms with van der Waals surface area (Å²) in [5, 5.41) is 8.76. The molecular weight excluding hydrogens is 232 g/mol. The molecule has 0 radical (unpaired) electrons. The van der Waals surface area contributed by atoms with E-state index in [-0.39, 0.29) is 4.90 Å². The monoisotopic (exact) mass is 244 g/mol. The first kappa shape index (κ1) is 12.7. The Morgan fingerprint density at radius 2 is 1.75 bits per heavy atom. The second-order valence-corrected chi connectivity index (χ2v) is 5.21. The van der Waals surface area contributed by atoms with Crippen molar-refractivity contribution in [1.82, 2.24) is 0 Å². The van der Waals surface area contributed by atoms with Gasteiger partial charge in [0, 0.05) is 0 Å². The maximum atomic E-state index is 11.7. The average Bonchev–Trinajstić information content (AvgIpc) is 2.17. The van der Waals surface area contributed by atoms with E-state index in [1.165, 1.54) is 38.1 Å². The number of carboxylic acids is 1. The molecule has 0 saturated carbocycles. The largest absolute Gasteiger partial charge is 0.479 e. The Kier molecular flexibility index (Phi) is 3.35. The summed E-state index contributed by atoms with van der Waals surface area (Å²) in [7, 11) is -4.04. The van der Waals surface area contributed by atoms with Crippen molar-refractivity contribution in [2.75, 3.05) is 0 Å². The molecule has 0 spiro atoms. The van der Waals surface area contributed by atoms with Crippen LogP contribution in [0.3, 0.4) is 0 Å². The molecule has 1 N–H and O–H groups in total. The van der Waals surface area contributed by atoms with Crippen LogP contribution < -0.4 is 0 Å². The Morgan fingerprint density at radius 3 is 2.19 bits per heavy atom. The predicted octanol–water partition coefficient (Wildman–Crippen LogP) is 1.26. The fraction of sp³-hybridized carbons (Fsp3) is 0.300. The Bertz CT molecular complexity index is 475. The van der Waals surface area contributed by atoms with E-state index in [4.69, 9.17) is 5.11 Å². The summed E-state index contributed by atoms with van der Waals surface area (Å²) in [6.07, 6.45) is 0. The van der Waals surface area contributed by atoms with Crippen LogP contribution >= 0.6 is 0 Å². The summed E-state index contributed by atoms with van der Waals surface area (Å²) in [4.78, 5) is 10.7. The number of aliphatic carboxylic acids is 1. The Hall–Kier alpha value is -1.40.